The maximum Gasteiger partial charge on any atom is 0.256 e. The molecule has 2 heterocycles. The highest BCUT2D eigenvalue weighted by molar-refractivity contribution is 5.98. The number of carbonyl (C=O) groups excluding carboxylic acids is 3. The summed E-state index contributed by atoms with van der Waals surface area (Å²) in [6, 6.07) is 3.78. The molecule has 36 heavy (non-hydrogen) atoms. The molecular formula is C25H36N8O3. The predicted molar refractivity (Wildman–Crippen MR) is 140 cm³/mol. The normalized spacial score (nSPS) is 11.2. The summed E-state index contributed by atoms with van der Waals surface area (Å²) in [6.45, 7) is 8.86. The fourth-order valence-corrected chi connectivity index (χ4v) is 3.23. The monoisotopic (exact) mass is 496 g/mol. The molecule has 0 aliphatic rings. The van der Waals surface area contributed by atoms with Crippen LogP contribution in [0.3, 0.4) is 0 Å². The van der Waals surface area contributed by atoms with Crippen LogP contribution in [0.5, 0.6) is 0 Å². The SMILES string of the molecule is C=CC(=O)NCC(=O)NC(CC)CCNC(=O)c1cnc(NCCc2ccncc2)nc1NCCC. The number of aromatic nitrogens is 3. The molecule has 0 radical (unpaired) electrons. The second-order valence-corrected chi connectivity index (χ2v) is 8.05. The van der Waals surface area contributed by atoms with E-state index in [1.54, 1.807) is 12.4 Å². The standard InChI is InChI=1S/C25H36N8O3/c1-4-11-27-23-20(16-31-25(33-23)29-14-9-18-7-12-26-13-8-18)24(36)28-15-10-19(5-2)32-22(35)17-30-21(34)6-3/h6-8,12-13,16,19H,3-5,9-11,14-15,17H2,1-2H3,(H,28,36)(H,30,34)(H,32,35)(H2,27,29,31,33). The Morgan fingerprint density at radius 2 is 1.83 bits per heavy atom. The van der Waals surface area contributed by atoms with E-state index in [-0.39, 0.29) is 24.4 Å². The molecule has 3 amide bonds. The Kier molecular flexibility index (Phi) is 12.4. The van der Waals surface area contributed by atoms with E-state index in [1.807, 2.05) is 26.0 Å². The minimum absolute atomic E-state index is 0.125. The van der Waals surface area contributed by atoms with Crippen LogP contribution in [0.2, 0.25) is 0 Å². The molecule has 0 aliphatic heterocycles. The fourth-order valence-electron chi connectivity index (χ4n) is 3.23. The summed E-state index contributed by atoms with van der Waals surface area (Å²) in [5.41, 5.74) is 1.51. The lowest BCUT2D eigenvalue weighted by Gasteiger charge is -2.18. The van der Waals surface area contributed by atoms with Crippen molar-refractivity contribution in [2.75, 3.05) is 36.8 Å². The maximum absolute atomic E-state index is 12.8. The number of carbonyl (C=O) groups is 3. The van der Waals surface area contributed by atoms with Crippen molar-refractivity contribution in [3.05, 3.63) is 54.5 Å². The van der Waals surface area contributed by atoms with Gasteiger partial charge in [0.2, 0.25) is 17.8 Å². The van der Waals surface area contributed by atoms with Gasteiger partial charge in [-0.25, -0.2) is 4.98 Å². The van der Waals surface area contributed by atoms with Gasteiger partial charge in [0.25, 0.3) is 5.91 Å². The summed E-state index contributed by atoms with van der Waals surface area (Å²) in [6.07, 6.45) is 9.02. The lowest BCUT2D eigenvalue weighted by atomic mass is 10.1. The molecule has 2 rings (SSSR count). The van der Waals surface area contributed by atoms with E-state index in [0.29, 0.717) is 49.8 Å². The summed E-state index contributed by atoms with van der Waals surface area (Å²) >= 11 is 0. The van der Waals surface area contributed by atoms with Gasteiger partial charge in [0, 0.05) is 44.3 Å². The Balaban J connectivity index is 1.89. The molecule has 11 heteroatoms. The van der Waals surface area contributed by atoms with Crippen molar-refractivity contribution in [3.63, 3.8) is 0 Å². The maximum atomic E-state index is 12.8. The molecule has 0 saturated heterocycles. The average Bonchev–Trinajstić information content (AvgIpc) is 2.90. The highest BCUT2D eigenvalue weighted by Gasteiger charge is 2.16. The average molecular weight is 497 g/mol. The Hall–Kier alpha value is -4.02. The van der Waals surface area contributed by atoms with Crippen LogP contribution >= 0.6 is 0 Å². The third-order valence-electron chi connectivity index (χ3n) is 5.27. The first-order valence-corrected chi connectivity index (χ1v) is 12.2. The topological polar surface area (TPSA) is 150 Å². The fraction of sp³-hybridized carbons (Fsp3) is 0.440. The van der Waals surface area contributed by atoms with Crippen LogP contribution < -0.4 is 26.6 Å². The number of nitrogens with one attached hydrogen (secondary N) is 5. The van der Waals surface area contributed by atoms with E-state index in [2.05, 4.69) is 48.1 Å². The lowest BCUT2D eigenvalue weighted by Crippen LogP contribution is -2.42. The molecule has 0 fully saturated rings. The van der Waals surface area contributed by atoms with E-state index in [9.17, 15) is 14.4 Å². The van der Waals surface area contributed by atoms with E-state index < -0.39 is 5.91 Å². The van der Waals surface area contributed by atoms with Gasteiger partial charge in [0.1, 0.15) is 11.4 Å². The number of hydrogen-bond donors (Lipinski definition) is 5. The summed E-state index contributed by atoms with van der Waals surface area (Å²) in [5, 5.41) is 14.6. The van der Waals surface area contributed by atoms with Crippen LogP contribution in [0.25, 0.3) is 0 Å². The first kappa shape index (κ1) is 28.2. The first-order valence-electron chi connectivity index (χ1n) is 12.2. The van der Waals surface area contributed by atoms with Gasteiger partial charge in [-0.3, -0.25) is 19.4 Å². The second-order valence-electron chi connectivity index (χ2n) is 8.05. The van der Waals surface area contributed by atoms with Crippen molar-refractivity contribution >= 4 is 29.5 Å². The van der Waals surface area contributed by atoms with Crippen molar-refractivity contribution < 1.29 is 14.4 Å². The molecule has 0 aromatic carbocycles. The number of pyridine rings is 1. The highest BCUT2D eigenvalue weighted by atomic mass is 16.2. The van der Waals surface area contributed by atoms with E-state index in [4.69, 9.17) is 0 Å². The minimum atomic E-state index is -0.407. The molecule has 0 aliphatic carbocycles. The van der Waals surface area contributed by atoms with Gasteiger partial charge in [-0.2, -0.15) is 4.98 Å². The van der Waals surface area contributed by atoms with Crippen molar-refractivity contribution in [2.24, 2.45) is 0 Å². The van der Waals surface area contributed by atoms with Crippen LogP contribution in [0, 0.1) is 0 Å². The zero-order valence-corrected chi connectivity index (χ0v) is 21.0. The van der Waals surface area contributed by atoms with Crippen LogP contribution in [0.15, 0.2) is 43.4 Å². The molecule has 0 spiro atoms. The first-order chi connectivity index (χ1) is 17.5. The van der Waals surface area contributed by atoms with Gasteiger partial charge in [0.05, 0.1) is 6.54 Å². The van der Waals surface area contributed by atoms with Crippen molar-refractivity contribution in [2.45, 2.75) is 45.6 Å². The Morgan fingerprint density at radius 1 is 1.06 bits per heavy atom. The molecule has 1 unspecified atom stereocenters. The molecular weight excluding hydrogens is 460 g/mol. The Morgan fingerprint density at radius 3 is 2.53 bits per heavy atom. The third-order valence-corrected chi connectivity index (χ3v) is 5.27. The molecule has 0 saturated carbocycles. The molecule has 11 nitrogen and oxygen atoms in total. The van der Waals surface area contributed by atoms with E-state index in [1.165, 1.54) is 6.20 Å². The van der Waals surface area contributed by atoms with Crippen molar-refractivity contribution in [1.82, 2.24) is 30.9 Å². The predicted octanol–water partition coefficient (Wildman–Crippen LogP) is 1.66. The number of amides is 3. The Labute approximate surface area is 212 Å². The number of rotatable bonds is 16. The quantitative estimate of drug-likeness (QED) is 0.220. The van der Waals surface area contributed by atoms with Crippen LogP contribution in [0.4, 0.5) is 11.8 Å². The number of nitrogens with zero attached hydrogens (tertiary/aromatic N) is 3. The molecule has 2 aromatic rings. The largest absolute Gasteiger partial charge is 0.369 e. The van der Waals surface area contributed by atoms with Crippen molar-refractivity contribution in [3.8, 4) is 0 Å². The second kappa shape index (κ2) is 15.8. The summed E-state index contributed by atoms with van der Waals surface area (Å²) in [4.78, 5) is 48.9. The van der Waals surface area contributed by atoms with Crippen LogP contribution in [-0.4, -0.2) is 64.9 Å². The van der Waals surface area contributed by atoms with Crippen LogP contribution in [0.1, 0.15) is 49.0 Å². The molecule has 5 N–H and O–H groups in total. The van der Waals surface area contributed by atoms with Crippen LogP contribution in [-0.2, 0) is 16.0 Å². The smallest absolute Gasteiger partial charge is 0.256 e. The van der Waals surface area contributed by atoms with Gasteiger partial charge in [0.15, 0.2) is 0 Å². The van der Waals surface area contributed by atoms with Gasteiger partial charge in [-0.15, -0.1) is 0 Å². The zero-order chi connectivity index (χ0) is 26.2. The number of anilines is 2. The van der Waals surface area contributed by atoms with E-state index >= 15 is 0 Å². The van der Waals surface area contributed by atoms with Gasteiger partial charge >= 0.3 is 0 Å². The molecule has 2 aromatic heterocycles. The highest BCUT2D eigenvalue weighted by Crippen LogP contribution is 2.14. The van der Waals surface area contributed by atoms with E-state index in [0.717, 1.165) is 24.5 Å². The number of hydrogen-bond acceptors (Lipinski definition) is 8. The summed E-state index contributed by atoms with van der Waals surface area (Å²) < 4.78 is 0. The zero-order valence-electron chi connectivity index (χ0n) is 21.0. The molecule has 0 bridgehead atoms. The Bertz CT molecular complexity index is 1000. The molecule has 194 valence electrons. The minimum Gasteiger partial charge on any atom is -0.369 e. The van der Waals surface area contributed by atoms with Gasteiger partial charge < -0.3 is 26.6 Å². The molecule has 1 atom stereocenters. The van der Waals surface area contributed by atoms with Gasteiger partial charge in [-0.1, -0.05) is 20.4 Å². The van der Waals surface area contributed by atoms with Gasteiger partial charge in [-0.05, 0) is 49.5 Å². The summed E-state index contributed by atoms with van der Waals surface area (Å²) in [7, 11) is 0. The summed E-state index contributed by atoms with van der Waals surface area (Å²) in [5.74, 6) is -0.0908. The lowest BCUT2D eigenvalue weighted by molar-refractivity contribution is -0.124. The third kappa shape index (κ3) is 10.1. The van der Waals surface area contributed by atoms with Crippen molar-refractivity contribution in [1.29, 1.82) is 0 Å².